The van der Waals surface area contributed by atoms with Crippen LogP contribution in [0.3, 0.4) is 0 Å². The summed E-state index contributed by atoms with van der Waals surface area (Å²) in [6.07, 6.45) is 0.990. The Morgan fingerprint density at radius 1 is 0.969 bits per heavy atom. The molecule has 1 N–H and O–H groups in total. The minimum absolute atomic E-state index is 0.0715. The van der Waals surface area contributed by atoms with Gasteiger partial charge >= 0.3 is 0 Å². The number of benzene rings is 3. The van der Waals surface area contributed by atoms with Gasteiger partial charge in [-0.2, -0.15) is 0 Å². The van der Waals surface area contributed by atoms with E-state index in [1.54, 1.807) is 12.1 Å². The summed E-state index contributed by atoms with van der Waals surface area (Å²) in [5.74, 6) is 0.348. The van der Waals surface area contributed by atoms with Crippen molar-refractivity contribution in [2.45, 2.75) is 40.2 Å². The molecule has 32 heavy (non-hydrogen) atoms. The van der Waals surface area contributed by atoms with Crippen LogP contribution in [0.2, 0.25) is 0 Å². The average Bonchev–Trinajstić information content (AvgIpc) is 2.79. The summed E-state index contributed by atoms with van der Waals surface area (Å²) >= 11 is 0. The summed E-state index contributed by atoms with van der Waals surface area (Å²) in [5.41, 5.74) is 6.13. The molecule has 4 rings (SSSR count). The first-order valence-electron chi connectivity index (χ1n) is 10.9. The molecule has 3 aromatic carbocycles. The van der Waals surface area contributed by atoms with Gasteiger partial charge in [0, 0.05) is 17.2 Å². The lowest BCUT2D eigenvalue weighted by Gasteiger charge is -2.15. The Bertz CT molecular complexity index is 1330. The predicted octanol–water partition coefficient (Wildman–Crippen LogP) is 6.13. The lowest BCUT2D eigenvalue weighted by atomic mass is 10.0. The van der Waals surface area contributed by atoms with E-state index in [1.807, 2.05) is 45.0 Å². The zero-order valence-electron chi connectivity index (χ0n) is 18.9. The van der Waals surface area contributed by atoms with Gasteiger partial charge in [-0.3, -0.25) is 9.59 Å². The van der Waals surface area contributed by atoms with E-state index in [0.29, 0.717) is 22.3 Å². The van der Waals surface area contributed by atoms with Crippen LogP contribution < -0.4 is 10.7 Å². The van der Waals surface area contributed by atoms with Gasteiger partial charge in [0.2, 0.25) is 0 Å². The summed E-state index contributed by atoms with van der Waals surface area (Å²) in [4.78, 5) is 25.3. The van der Waals surface area contributed by atoms with Crippen molar-refractivity contribution < 1.29 is 9.21 Å². The van der Waals surface area contributed by atoms with Gasteiger partial charge in [0.25, 0.3) is 5.91 Å². The number of carbonyl (C=O) groups excluding carboxylic acids is 1. The molecule has 1 heterocycles. The number of rotatable bonds is 5. The minimum Gasteiger partial charge on any atom is -0.456 e. The summed E-state index contributed by atoms with van der Waals surface area (Å²) in [5, 5.41) is 3.63. The monoisotopic (exact) mass is 425 g/mol. The van der Waals surface area contributed by atoms with Crippen molar-refractivity contribution in [2.24, 2.45) is 0 Å². The molecule has 0 spiro atoms. The second-order valence-corrected chi connectivity index (χ2v) is 8.30. The largest absolute Gasteiger partial charge is 0.456 e. The van der Waals surface area contributed by atoms with Crippen LogP contribution in [0.4, 0.5) is 0 Å². The lowest BCUT2D eigenvalue weighted by Crippen LogP contribution is -2.26. The van der Waals surface area contributed by atoms with Gasteiger partial charge in [-0.15, -0.1) is 0 Å². The zero-order chi connectivity index (χ0) is 22.8. The summed E-state index contributed by atoms with van der Waals surface area (Å²) in [6.45, 7) is 7.99. The fourth-order valence-electron chi connectivity index (χ4n) is 3.94. The first-order chi connectivity index (χ1) is 15.4. The maximum Gasteiger partial charge on any atom is 0.251 e. The van der Waals surface area contributed by atoms with Gasteiger partial charge in [-0.05, 0) is 67.6 Å². The third kappa shape index (κ3) is 4.35. The molecule has 0 radical (unpaired) electrons. The molecule has 0 fully saturated rings. The second kappa shape index (κ2) is 8.83. The van der Waals surface area contributed by atoms with Crippen molar-refractivity contribution >= 4 is 16.9 Å². The Morgan fingerprint density at radius 2 is 1.66 bits per heavy atom. The van der Waals surface area contributed by atoms with Crippen molar-refractivity contribution in [2.75, 3.05) is 0 Å². The Morgan fingerprint density at radius 3 is 2.31 bits per heavy atom. The standard InChI is InChI=1S/C28H27NO3/c1-5-20-6-8-21(9-7-20)19(4)29-28(31)23-12-10-22(11-13-23)26-16-25(30)24-15-17(2)14-18(3)27(24)32-26/h6-16,19H,5H2,1-4H3,(H,29,31). The first kappa shape index (κ1) is 21.6. The van der Waals surface area contributed by atoms with Gasteiger partial charge in [0.05, 0.1) is 11.4 Å². The molecule has 4 aromatic rings. The van der Waals surface area contributed by atoms with Crippen LogP contribution in [0, 0.1) is 13.8 Å². The molecule has 0 aliphatic rings. The SMILES string of the molecule is CCc1ccc(C(C)NC(=O)c2ccc(-c3cc(=O)c4cc(C)cc(C)c4o3)cc2)cc1. The second-order valence-electron chi connectivity index (χ2n) is 8.30. The van der Waals surface area contributed by atoms with E-state index >= 15 is 0 Å². The van der Waals surface area contributed by atoms with Gasteiger partial charge in [-0.25, -0.2) is 0 Å². The highest BCUT2D eigenvalue weighted by molar-refractivity contribution is 5.95. The fourth-order valence-corrected chi connectivity index (χ4v) is 3.94. The Hall–Kier alpha value is -3.66. The van der Waals surface area contributed by atoms with Crippen molar-refractivity contribution in [3.63, 3.8) is 0 Å². The third-order valence-corrected chi connectivity index (χ3v) is 5.83. The number of hydrogen-bond acceptors (Lipinski definition) is 3. The molecule has 0 saturated heterocycles. The van der Waals surface area contributed by atoms with Crippen LogP contribution in [0.5, 0.6) is 0 Å². The fraction of sp³-hybridized carbons (Fsp3) is 0.214. The highest BCUT2D eigenvalue weighted by Crippen LogP contribution is 2.25. The number of hydrogen-bond donors (Lipinski definition) is 1. The van der Waals surface area contributed by atoms with Crippen LogP contribution in [-0.2, 0) is 6.42 Å². The molecule has 1 atom stereocenters. The molecule has 162 valence electrons. The van der Waals surface area contributed by atoms with Crippen molar-refractivity contribution in [3.05, 3.63) is 105 Å². The van der Waals surface area contributed by atoms with E-state index in [1.165, 1.54) is 11.6 Å². The predicted molar refractivity (Wildman–Crippen MR) is 129 cm³/mol. The molecule has 0 saturated carbocycles. The van der Waals surface area contributed by atoms with Crippen molar-refractivity contribution in [1.29, 1.82) is 0 Å². The Labute approximate surface area is 187 Å². The molecule has 1 amide bonds. The lowest BCUT2D eigenvalue weighted by molar-refractivity contribution is 0.0940. The van der Waals surface area contributed by atoms with E-state index in [-0.39, 0.29) is 17.4 Å². The minimum atomic E-state index is -0.144. The molecule has 4 heteroatoms. The molecule has 1 unspecified atom stereocenters. The highest BCUT2D eigenvalue weighted by Gasteiger charge is 2.13. The maximum atomic E-state index is 12.7. The summed E-state index contributed by atoms with van der Waals surface area (Å²) in [6, 6.07) is 20.7. The molecular weight excluding hydrogens is 398 g/mol. The Balaban J connectivity index is 1.55. The first-order valence-corrected chi connectivity index (χ1v) is 10.9. The van der Waals surface area contributed by atoms with E-state index in [9.17, 15) is 9.59 Å². The van der Waals surface area contributed by atoms with E-state index in [0.717, 1.165) is 28.7 Å². The van der Waals surface area contributed by atoms with Crippen LogP contribution in [0.15, 0.2) is 75.9 Å². The van der Waals surface area contributed by atoms with Gasteiger partial charge < -0.3 is 9.73 Å². The smallest absolute Gasteiger partial charge is 0.251 e. The number of carbonyl (C=O) groups is 1. The third-order valence-electron chi connectivity index (χ3n) is 5.83. The van der Waals surface area contributed by atoms with E-state index in [4.69, 9.17) is 4.42 Å². The normalized spacial score (nSPS) is 12.0. The van der Waals surface area contributed by atoms with Crippen molar-refractivity contribution in [1.82, 2.24) is 5.32 Å². The summed E-state index contributed by atoms with van der Waals surface area (Å²) < 4.78 is 6.06. The molecule has 0 aliphatic heterocycles. The number of nitrogens with one attached hydrogen (secondary N) is 1. The van der Waals surface area contributed by atoms with Gasteiger partial charge in [0.15, 0.2) is 5.43 Å². The topological polar surface area (TPSA) is 59.3 Å². The van der Waals surface area contributed by atoms with Crippen LogP contribution in [0.25, 0.3) is 22.3 Å². The average molecular weight is 426 g/mol. The molecular formula is C28H27NO3. The molecule has 4 nitrogen and oxygen atoms in total. The number of fused-ring (bicyclic) bond motifs is 1. The molecule has 1 aromatic heterocycles. The van der Waals surface area contributed by atoms with Crippen LogP contribution >= 0.6 is 0 Å². The van der Waals surface area contributed by atoms with Crippen LogP contribution in [0.1, 0.15) is 52.5 Å². The highest BCUT2D eigenvalue weighted by atomic mass is 16.3. The van der Waals surface area contributed by atoms with E-state index in [2.05, 4.69) is 36.5 Å². The molecule has 0 bridgehead atoms. The molecule has 0 aliphatic carbocycles. The number of amides is 1. The van der Waals surface area contributed by atoms with Crippen molar-refractivity contribution in [3.8, 4) is 11.3 Å². The summed E-state index contributed by atoms with van der Waals surface area (Å²) in [7, 11) is 0. The zero-order valence-corrected chi connectivity index (χ0v) is 18.9. The number of aryl methyl sites for hydroxylation is 3. The maximum absolute atomic E-state index is 12.7. The van der Waals surface area contributed by atoms with Gasteiger partial charge in [0.1, 0.15) is 11.3 Å². The quantitative estimate of drug-likeness (QED) is 0.418. The van der Waals surface area contributed by atoms with Gasteiger partial charge in [-0.1, -0.05) is 49.4 Å². The Kier molecular flexibility index (Phi) is 5.95. The van der Waals surface area contributed by atoms with E-state index < -0.39 is 0 Å². The van der Waals surface area contributed by atoms with Crippen LogP contribution in [-0.4, -0.2) is 5.91 Å².